The van der Waals surface area contributed by atoms with E-state index in [1.54, 1.807) is 13.0 Å². The Morgan fingerprint density at radius 1 is 0.800 bits per heavy atom. The van der Waals surface area contributed by atoms with Gasteiger partial charge in [0.05, 0.1) is 13.2 Å². The summed E-state index contributed by atoms with van der Waals surface area (Å²) in [5.74, 6) is -1.12. The lowest BCUT2D eigenvalue weighted by Crippen LogP contribution is -2.36. The Kier molecular flexibility index (Phi) is 13.4. The van der Waals surface area contributed by atoms with E-state index in [0.29, 0.717) is 5.56 Å². The first kappa shape index (κ1) is 34.7. The second-order valence-electron chi connectivity index (χ2n) is 12.5. The van der Waals surface area contributed by atoms with Crippen LogP contribution in [-0.4, -0.2) is 56.2 Å². The first-order chi connectivity index (χ1) is 18.3. The highest BCUT2D eigenvalue weighted by atomic mass is 16.7. The molecule has 0 bridgehead atoms. The van der Waals surface area contributed by atoms with Gasteiger partial charge in [0.2, 0.25) is 0 Å². The summed E-state index contributed by atoms with van der Waals surface area (Å²) in [7, 11) is 0. The summed E-state index contributed by atoms with van der Waals surface area (Å²) >= 11 is 0. The van der Waals surface area contributed by atoms with Gasteiger partial charge in [0, 0.05) is 6.42 Å². The van der Waals surface area contributed by atoms with Crippen LogP contribution in [0.2, 0.25) is 0 Å². The smallest absolute Gasteiger partial charge is 0.461 e. The quantitative estimate of drug-likeness (QED) is 0.202. The molecule has 0 heterocycles. The zero-order valence-electron chi connectivity index (χ0n) is 25.2. The van der Waals surface area contributed by atoms with Crippen LogP contribution >= 0.6 is 0 Å². The first-order valence-electron chi connectivity index (χ1n) is 13.3. The fraction of sp³-hybridized carbons (Fsp3) is 0.655. The van der Waals surface area contributed by atoms with Crippen LogP contribution in [0.25, 0.3) is 0 Å². The fourth-order valence-corrected chi connectivity index (χ4v) is 2.92. The van der Waals surface area contributed by atoms with Gasteiger partial charge in [-0.15, -0.1) is 0 Å². The number of carbonyl (C=O) groups is 4. The highest BCUT2D eigenvalue weighted by molar-refractivity contribution is 5.76. The molecular weight excluding hydrogens is 522 g/mol. The lowest BCUT2D eigenvalue weighted by atomic mass is 9.99. The fourth-order valence-electron chi connectivity index (χ4n) is 2.92. The van der Waals surface area contributed by atoms with Gasteiger partial charge in [-0.1, -0.05) is 61.5 Å². The topological polar surface area (TPSA) is 150 Å². The molecule has 226 valence electrons. The minimum Gasteiger partial charge on any atom is -0.461 e. The molecule has 0 aliphatic heterocycles. The van der Waals surface area contributed by atoms with Gasteiger partial charge in [0.25, 0.3) is 0 Å². The molecule has 2 N–H and O–H groups in total. The Bertz CT molecular complexity index is 1010. The van der Waals surface area contributed by atoms with Gasteiger partial charge in [0.1, 0.15) is 18.8 Å². The summed E-state index contributed by atoms with van der Waals surface area (Å²) < 4.78 is 31.3. The zero-order valence-corrected chi connectivity index (χ0v) is 25.2. The maximum absolute atomic E-state index is 12.4. The van der Waals surface area contributed by atoms with E-state index in [1.807, 2.05) is 55.4 Å². The lowest BCUT2D eigenvalue weighted by molar-refractivity contribution is -0.159. The third-order valence-corrected chi connectivity index (χ3v) is 4.77. The molecule has 0 saturated heterocycles. The normalized spacial score (nSPS) is 13.2. The number of ether oxygens (including phenoxy) is 6. The Morgan fingerprint density at radius 3 is 1.82 bits per heavy atom. The van der Waals surface area contributed by atoms with Crippen molar-refractivity contribution in [1.29, 1.82) is 0 Å². The van der Waals surface area contributed by atoms with Crippen molar-refractivity contribution in [3.05, 3.63) is 23.8 Å². The SMILES string of the molecule is CC(C)CC(=O)O[C@@H](C)COC(=O)[C@@H](N)Cc1ccc(OC(=O)OCC(C)(C)C)c(OC(=O)OCC(C)(C)C)c1. The number of hydrogen-bond donors (Lipinski definition) is 1. The first-order valence-corrected chi connectivity index (χ1v) is 13.3. The number of nitrogens with two attached hydrogens (primary N) is 1. The molecule has 0 unspecified atom stereocenters. The van der Waals surface area contributed by atoms with E-state index in [0.717, 1.165) is 0 Å². The van der Waals surface area contributed by atoms with Crippen LogP contribution in [0.5, 0.6) is 11.5 Å². The van der Waals surface area contributed by atoms with Gasteiger partial charge < -0.3 is 34.2 Å². The summed E-state index contributed by atoms with van der Waals surface area (Å²) in [6, 6.07) is 3.30. The second-order valence-corrected chi connectivity index (χ2v) is 12.5. The number of rotatable bonds is 12. The predicted molar refractivity (Wildman–Crippen MR) is 147 cm³/mol. The summed E-state index contributed by atoms with van der Waals surface area (Å²) in [4.78, 5) is 48.8. The summed E-state index contributed by atoms with van der Waals surface area (Å²) in [6.45, 7) is 16.8. The number of benzene rings is 1. The molecule has 0 aliphatic rings. The Labute approximate surface area is 236 Å². The molecule has 0 radical (unpaired) electrons. The molecule has 1 aromatic rings. The van der Waals surface area contributed by atoms with E-state index >= 15 is 0 Å². The van der Waals surface area contributed by atoms with Gasteiger partial charge in [-0.3, -0.25) is 9.59 Å². The molecular formula is C29H45NO10. The third kappa shape index (κ3) is 15.3. The molecule has 11 heteroatoms. The number of esters is 2. The van der Waals surface area contributed by atoms with Crippen LogP contribution in [0.1, 0.15) is 74.3 Å². The van der Waals surface area contributed by atoms with Crippen LogP contribution in [-0.2, 0) is 35.0 Å². The molecule has 40 heavy (non-hydrogen) atoms. The average molecular weight is 568 g/mol. The maximum Gasteiger partial charge on any atom is 0.513 e. The highest BCUT2D eigenvalue weighted by Crippen LogP contribution is 2.30. The molecule has 0 saturated carbocycles. The van der Waals surface area contributed by atoms with E-state index in [-0.39, 0.29) is 66.9 Å². The van der Waals surface area contributed by atoms with E-state index in [2.05, 4.69) is 0 Å². The highest BCUT2D eigenvalue weighted by Gasteiger charge is 2.23. The number of carbonyl (C=O) groups excluding carboxylic acids is 4. The Morgan fingerprint density at radius 2 is 1.32 bits per heavy atom. The lowest BCUT2D eigenvalue weighted by Gasteiger charge is -2.19. The molecule has 0 fully saturated rings. The summed E-state index contributed by atoms with van der Waals surface area (Å²) in [5.41, 5.74) is 5.95. The molecule has 11 nitrogen and oxygen atoms in total. The van der Waals surface area contributed by atoms with Gasteiger partial charge >= 0.3 is 24.2 Å². The molecule has 0 spiro atoms. The Hall–Kier alpha value is -3.34. The third-order valence-electron chi connectivity index (χ3n) is 4.77. The Balaban J connectivity index is 2.91. The van der Waals surface area contributed by atoms with Gasteiger partial charge in [-0.25, -0.2) is 9.59 Å². The minimum absolute atomic E-state index is 0.0164. The summed E-state index contributed by atoms with van der Waals surface area (Å²) in [5, 5.41) is 0. The molecule has 1 rings (SSSR count). The largest absolute Gasteiger partial charge is 0.513 e. The van der Waals surface area contributed by atoms with Crippen molar-refractivity contribution < 1.29 is 47.6 Å². The van der Waals surface area contributed by atoms with E-state index < -0.39 is 30.4 Å². The average Bonchev–Trinajstić information content (AvgIpc) is 2.80. The van der Waals surface area contributed by atoms with Crippen LogP contribution in [0, 0.1) is 16.7 Å². The van der Waals surface area contributed by atoms with E-state index in [9.17, 15) is 19.2 Å². The standard InChI is InChI=1S/C29H45NO10/c1-18(2)12-24(31)38-19(3)15-35-25(32)21(30)13-20-10-11-22(39-26(33)36-16-28(4,5)6)23(14-20)40-27(34)37-17-29(7,8)9/h10-11,14,18-19,21H,12-13,15-17,30H2,1-9H3/t19-,21-/m0/s1. The van der Waals surface area contributed by atoms with Gasteiger partial charge in [0.15, 0.2) is 11.5 Å². The van der Waals surface area contributed by atoms with Crippen LogP contribution < -0.4 is 15.2 Å². The van der Waals surface area contributed by atoms with Crippen molar-refractivity contribution >= 4 is 24.2 Å². The van der Waals surface area contributed by atoms with Gasteiger partial charge in [-0.05, 0) is 47.8 Å². The molecule has 0 amide bonds. The molecule has 2 atom stereocenters. The predicted octanol–water partition coefficient (Wildman–Crippen LogP) is 5.20. The van der Waals surface area contributed by atoms with Crippen molar-refractivity contribution in [2.75, 3.05) is 19.8 Å². The molecule has 0 aromatic heterocycles. The van der Waals surface area contributed by atoms with Crippen molar-refractivity contribution in [3.63, 3.8) is 0 Å². The monoisotopic (exact) mass is 567 g/mol. The van der Waals surface area contributed by atoms with Crippen LogP contribution in [0.15, 0.2) is 18.2 Å². The van der Waals surface area contributed by atoms with Crippen molar-refractivity contribution in [2.24, 2.45) is 22.5 Å². The molecule has 0 aliphatic carbocycles. The van der Waals surface area contributed by atoms with Crippen molar-refractivity contribution in [2.45, 2.75) is 87.3 Å². The van der Waals surface area contributed by atoms with E-state index in [1.165, 1.54) is 12.1 Å². The van der Waals surface area contributed by atoms with Crippen LogP contribution in [0.3, 0.4) is 0 Å². The number of hydrogen-bond acceptors (Lipinski definition) is 11. The minimum atomic E-state index is -1.07. The van der Waals surface area contributed by atoms with E-state index in [4.69, 9.17) is 34.2 Å². The van der Waals surface area contributed by atoms with Crippen molar-refractivity contribution in [1.82, 2.24) is 0 Å². The van der Waals surface area contributed by atoms with Crippen molar-refractivity contribution in [3.8, 4) is 11.5 Å². The molecule has 1 aromatic carbocycles. The maximum atomic E-state index is 12.4. The van der Waals surface area contributed by atoms with Gasteiger partial charge in [-0.2, -0.15) is 0 Å². The summed E-state index contributed by atoms with van der Waals surface area (Å²) in [6.07, 6.45) is -2.32. The zero-order chi connectivity index (χ0) is 30.7. The second kappa shape index (κ2) is 15.4. The van der Waals surface area contributed by atoms with Crippen LogP contribution in [0.4, 0.5) is 9.59 Å².